The van der Waals surface area contributed by atoms with Crippen molar-refractivity contribution in [2.75, 3.05) is 25.1 Å². The normalized spacial score (nSPS) is 23.7. The number of nitrogens with zero attached hydrogens (tertiary/aromatic N) is 3. The van der Waals surface area contributed by atoms with Crippen molar-refractivity contribution in [2.24, 2.45) is 11.3 Å². The zero-order chi connectivity index (χ0) is 19.9. The van der Waals surface area contributed by atoms with Gasteiger partial charge in [-0.15, -0.1) is 0 Å². The van der Waals surface area contributed by atoms with Crippen molar-refractivity contribution in [1.82, 2.24) is 4.98 Å². The Hall–Kier alpha value is -2.95. The molecule has 2 aliphatic rings. The van der Waals surface area contributed by atoms with Gasteiger partial charge in [-0.2, -0.15) is 14.0 Å². The smallest absolute Gasteiger partial charge is 0.387 e. The molecule has 146 valence electrons. The second kappa shape index (κ2) is 6.89. The molecule has 2 fully saturated rings. The van der Waals surface area contributed by atoms with E-state index in [1.807, 2.05) is 4.90 Å². The van der Waals surface area contributed by atoms with Gasteiger partial charge >= 0.3 is 12.6 Å². The fraction of sp³-hybridized carbons (Fsp3) is 0.450. The van der Waals surface area contributed by atoms with Crippen molar-refractivity contribution in [3.05, 3.63) is 30.0 Å². The van der Waals surface area contributed by atoms with Crippen LogP contribution >= 0.6 is 0 Å². The number of anilines is 1. The zero-order valence-corrected chi connectivity index (χ0v) is 15.3. The number of alkyl halides is 2. The second-order valence-electron chi connectivity index (χ2n) is 7.31. The molecule has 1 aromatic heterocycles. The van der Waals surface area contributed by atoms with Gasteiger partial charge in [0.25, 0.3) is 0 Å². The van der Waals surface area contributed by atoms with Crippen LogP contribution in [0.1, 0.15) is 24.8 Å². The summed E-state index contributed by atoms with van der Waals surface area (Å²) in [5.74, 6) is -0.0889. The number of hydrogen-bond acceptors (Lipinski definition) is 6. The van der Waals surface area contributed by atoms with Gasteiger partial charge in [0.2, 0.25) is 0 Å². The molecule has 1 aliphatic carbocycles. The first-order chi connectivity index (χ1) is 13.5. The number of halogens is 2. The van der Waals surface area contributed by atoms with Gasteiger partial charge in [0.15, 0.2) is 0 Å². The van der Waals surface area contributed by atoms with Gasteiger partial charge in [-0.3, -0.25) is 9.78 Å². The van der Waals surface area contributed by atoms with Gasteiger partial charge in [0, 0.05) is 24.7 Å². The van der Waals surface area contributed by atoms with Crippen LogP contribution in [0.2, 0.25) is 0 Å². The second-order valence-corrected chi connectivity index (χ2v) is 7.31. The quantitative estimate of drug-likeness (QED) is 0.748. The summed E-state index contributed by atoms with van der Waals surface area (Å²) < 4.78 is 34.9. The highest BCUT2D eigenvalue weighted by molar-refractivity contribution is 5.96. The van der Waals surface area contributed by atoms with Crippen LogP contribution in [0.15, 0.2) is 24.4 Å². The third kappa shape index (κ3) is 2.82. The molecule has 0 amide bonds. The maximum atomic E-state index is 12.6. The predicted octanol–water partition coefficient (Wildman–Crippen LogP) is 3.49. The Morgan fingerprint density at radius 1 is 1.46 bits per heavy atom. The number of benzene rings is 1. The molecule has 2 aromatic rings. The van der Waals surface area contributed by atoms with E-state index in [4.69, 9.17) is 4.74 Å². The van der Waals surface area contributed by atoms with Crippen LogP contribution < -0.4 is 9.64 Å². The average Bonchev–Trinajstić information content (AvgIpc) is 3.24. The van der Waals surface area contributed by atoms with E-state index in [-0.39, 0.29) is 17.6 Å². The zero-order valence-electron chi connectivity index (χ0n) is 15.3. The lowest BCUT2D eigenvalue weighted by Crippen LogP contribution is -2.37. The van der Waals surface area contributed by atoms with Gasteiger partial charge in [0.1, 0.15) is 11.8 Å². The summed E-state index contributed by atoms with van der Waals surface area (Å²) >= 11 is 0. The molecular weight excluding hydrogens is 368 g/mol. The number of carbonyl (C=O) groups is 1. The molecule has 4 rings (SSSR count). The largest absolute Gasteiger partial charge is 0.469 e. The minimum atomic E-state index is -2.94. The van der Waals surface area contributed by atoms with Crippen LogP contribution in [0, 0.1) is 22.7 Å². The summed E-state index contributed by atoms with van der Waals surface area (Å²) in [6, 6.07) is 6.62. The number of methoxy groups -OCH3 is 1. The topological polar surface area (TPSA) is 75.5 Å². The number of fused-ring (bicyclic) bond motifs is 2. The Morgan fingerprint density at radius 3 is 3.00 bits per heavy atom. The minimum Gasteiger partial charge on any atom is -0.469 e. The van der Waals surface area contributed by atoms with Crippen LogP contribution in [-0.4, -0.2) is 37.8 Å². The van der Waals surface area contributed by atoms with E-state index in [0.717, 1.165) is 19.3 Å². The molecule has 6 nitrogen and oxygen atoms in total. The summed E-state index contributed by atoms with van der Waals surface area (Å²) in [5.41, 5.74) is 0.917. The molecule has 0 spiro atoms. The molecule has 2 heterocycles. The first kappa shape index (κ1) is 18.4. The first-order valence-electron chi connectivity index (χ1n) is 9.09. The Balaban J connectivity index is 1.81. The van der Waals surface area contributed by atoms with Crippen molar-refractivity contribution in [1.29, 1.82) is 5.26 Å². The van der Waals surface area contributed by atoms with Gasteiger partial charge in [0.05, 0.1) is 29.3 Å². The van der Waals surface area contributed by atoms with Crippen LogP contribution in [0.25, 0.3) is 10.9 Å². The van der Waals surface area contributed by atoms with Gasteiger partial charge in [-0.05, 0) is 37.0 Å². The molecule has 1 aliphatic heterocycles. The van der Waals surface area contributed by atoms with Crippen LogP contribution in [-0.2, 0) is 9.53 Å². The SMILES string of the molecule is COC(=O)C12CCCC1CN(c1c(C#N)cnc3ccc(OC(F)F)cc13)C2. The van der Waals surface area contributed by atoms with Crippen LogP contribution in [0.5, 0.6) is 5.75 Å². The minimum absolute atomic E-state index is 0.00251. The number of carbonyl (C=O) groups excluding carboxylic acids is 1. The van der Waals surface area contributed by atoms with Gasteiger partial charge < -0.3 is 14.4 Å². The maximum Gasteiger partial charge on any atom is 0.387 e. The molecule has 2 unspecified atom stereocenters. The lowest BCUT2D eigenvalue weighted by molar-refractivity contribution is -0.152. The lowest BCUT2D eigenvalue weighted by atomic mass is 9.81. The molecule has 1 saturated heterocycles. The number of hydrogen-bond donors (Lipinski definition) is 0. The predicted molar refractivity (Wildman–Crippen MR) is 97.1 cm³/mol. The Kier molecular flexibility index (Phi) is 4.53. The van der Waals surface area contributed by atoms with E-state index in [9.17, 15) is 18.8 Å². The van der Waals surface area contributed by atoms with Crippen molar-refractivity contribution in [3.8, 4) is 11.8 Å². The summed E-state index contributed by atoms with van der Waals surface area (Å²) in [6.07, 6.45) is 4.09. The standard InChI is InChI=1S/C20H19F2N3O3/c1-27-18(26)20-6-2-3-13(20)10-25(11-20)17-12(8-23)9-24-16-5-4-14(7-15(16)17)28-19(21)22/h4-5,7,9,13,19H,2-3,6,10-11H2,1H3. The van der Waals surface area contributed by atoms with E-state index in [2.05, 4.69) is 15.8 Å². The Labute approximate surface area is 160 Å². The highest BCUT2D eigenvalue weighted by Crippen LogP contribution is 2.51. The number of rotatable bonds is 4. The van der Waals surface area contributed by atoms with Crippen LogP contribution in [0.3, 0.4) is 0 Å². The van der Waals surface area contributed by atoms with E-state index < -0.39 is 12.0 Å². The molecule has 28 heavy (non-hydrogen) atoms. The first-order valence-corrected chi connectivity index (χ1v) is 9.09. The van der Waals surface area contributed by atoms with Crippen molar-refractivity contribution < 1.29 is 23.0 Å². The number of aromatic nitrogens is 1. The lowest BCUT2D eigenvalue weighted by Gasteiger charge is -2.27. The number of ether oxygens (including phenoxy) is 2. The number of nitriles is 1. The van der Waals surface area contributed by atoms with Crippen LogP contribution in [0.4, 0.5) is 14.5 Å². The fourth-order valence-corrected chi connectivity index (χ4v) is 4.75. The molecule has 0 radical (unpaired) electrons. The fourth-order valence-electron chi connectivity index (χ4n) is 4.75. The van der Waals surface area contributed by atoms with E-state index in [0.29, 0.717) is 35.2 Å². The molecule has 1 saturated carbocycles. The van der Waals surface area contributed by atoms with Gasteiger partial charge in [-0.25, -0.2) is 0 Å². The van der Waals surface area contributed by atoms with Gasteiger partial charge in [-0.1, -0.05) is 6.42 Å². The van der Waals surface area contributed by atoms with Crippen molar-refractivity contribution >= 4 is 22.6 Å². The van der Waals surface area contributed by atoms with E-state index >= 15 is 0 Å². The summed E-state index contributed by atoms with van der Waals surface area (Å²) in [5, 5.41) is 10.2. The molecule has 0 N–H and O–H groups in total. The summed E-state index contributed by atoms with van der Waals surface area (Å²) in [7, 11) is 1.39. The maximum absolute atomic E-state index is 12.6. The Morgan fingerprint density at radius 2 is 2.29 bits per heavy atom. The summed E-state index contributed by atoms with van der Waals surface area (Å²) in [4.78, 5) is 18.8. The monoisotopic (exact) mass is 387 g/mol. The molecule has 2 atom stereocenters. The molecule has 8 heteroatoms. The highest BCUT2D eigenvalue weighted by Gasteiger charge is 2.55. The third-order valence-electron chi connectivity index (χ3n) is 5.94. The summed E-state index contributed by atoms with van der Waals surface area (Å²) in [6.45, 7) is -1.91. The molecule has 0 bridgehead atoms. The Bertz CT molecular complexity index is 975. The molecule has 1 aromatic carbocycles. The third-order valence-corrected chi connectivity index (χ3v) is 5.94. The van der Waals surface area contributed by atoms with E-state index in [1.54, 1.807) is 6.07 Å². The highest BCUT2D eigenvalue weighted by atomic mass is 19.3. The number of pyridine rings is 1. The van der Waals surface area contributed by atoms with Crippen molar-refractivity contribution in [3.63, 3.8) is 0 Å². The molecular formula is C20H19F2N3O3. The number of esters is 1. The average molecular weight is 387 g/mol. The van der Waals surface area contributed by atoms with Crippen molar-refractivity contribution in [2.45, 2.75) is 25.9 Å². The van der Waals surface area contributed by atoms with E-state index in [1.165, 1.54) is 25.4 Å².